The second-order valence-corrected chi connectivity index (χ2v) is 8.44. The monoisotopic (exact) mass is 445 g/mol. The lowest BCUT2D eigenvalue weighted by Gasteiger charge is -2.14. The smallest absolute Gasteiger partial charge is 0.277 e. The van der Waals surface area contributed by atoms with E-state index in [1.54, 1.807) is 7.11 Å². The lowest BCUT2D eigenvalue weighted by atomic mass is 10.0. The van der Waals surface area contributed by atoms with Crippen molar-refractivity contribution in [2.75, 3.05) is 12.4 Å². The molecule has 0 spiro atoms. The summed E-state index contributed by atoms with van der Waals surface area (Å²) in [5, 5.41) is 11.2. The van der Waals surface area contributed by atoms with E-state index in [4.69, 9.17) is 9.15 Å². The molecule has 1 amide bonds. The van der Waals surface area contributed by atoms with Gasteiger partial charge in [0, 0.05) is 11.3 Å². The summed E-state index contributed by atoms with van der Waals surface area (Å²) in [7, 11) is 1.63. The van der Waals surface area contributed by atoms with Crippen molar-refractivity contribution >= 4 is 23.4 Å². The summed E-state index contributed by atoms with van der Waals surface area (Å²) in [5.41, 5.74) is 3.82. The molecule has 7 heteroatoms. The van der Waals surface area contributed by atoms with Crippen molar-refractivity contribution in [3.8, 4) is 16.9 Å². The zero-order valence-corrected chi connectivity index (χ0v) is 18.6. The Morgan fingerprint density at radius 3 is 2.47 bits per heavy atom. The third-order valence-corrected chi connectivity index (χ3v) is 5.81. The number of nitrogens with one attached hydrogen (secondary N) is 1. The summed E-state index contributed by atoms with van der Waals surface area (Å²) in [6.07, 6.45) is 0.516. The molecule has 0 aliphatic carbocycles. The van der Waals surface area contributed by atoms with E-state index in [0.29, 0.717) is 17.5 Å². The van der Waals surface area contributed by atoms with Crippen LogP contribution in [0.1, 0.15) is 18.4 Å². The van der Waals surface area contributed by atoms with Crippen molar-refractivity contribution in [1.82, 2.24) is 10.2 Å². The van der Waals surface area contributed by atoms with Crippen molar-refractivity contribution in [3.05, 3.63) is 90.3 Å². The Hall–Kier alpha value is -3.58. The molecule has 6 nitrogen and oxygen atoms in total. The standard InChI is InChI=1S/C25H23N3O3S/c1-17(24(29)26-22-11-7-6-10-21(22)19-8-4-3-5-9-19)32-25-28-27-23(31-25)16-18-12-14-20(30-2)15-13-18/h3-15,17H,16H2,1-2H3,(H,26,29)/t17-/m1/s1. The highest BCUT2D eigenvalue weighted by Gasteiger charge is 2.19. The van der Waals surface area contributed by atoms with Gasteiger partial charge in [-0.2, -0.15) is 0 Å². The minimum atomic E-state index is -0.409. The normalized spacial score (nSPS) is 11.7. The Kier molecular flexibility index (Phi) is 6.87. The second kappa shape index (κ2) is 10.2. The number of para-hydroxylation sites is 1. The number of nitrogens with zero attached hydrogens (tertiary/aromatic N) is 2. The molecule has 0 unspecified atom stereocenters. The van der Waals surface area contributed by atoms with Crippen LogP contribution in [0.5, 0.6) is 5.75 Å². The summed E-state index contributed by atoms with van der Waals surface area (Å²) in [6, 6.07) is 25.4. The van der Waals surface area contributed by atoms with Crippen LogP contribution in [-0.2, 0) is 11.2 Å². The van der Waals surface area contributed by atoms with Crippen LogP contribution in [0, 0.1) is 0 Å². The number of hydrogen-bond donors (Lipinski definition) is 1. The number of thioether (sulfide) groups is 1. The number of carbonyl (C=O) groups excluding carboxylic acids is 1. The molecule has 162 valence electrons. The zero-order chi connectivity index (χ0) is 22.3. The van der Waals surface area contributed by atoms with Crippen LogP contribution in [0.2, 0.25) is 0 Å². The highest BCUT2D eigenvalue weighted by Crippen LogP contribution is 2.29. The van der Waals surface area contributed by atoms with E-state index in [9.17, 15) is 4.79 Å². The summed E-state index contributed by atoms with van der Waals surface area (Å²) < 4.78 is 10.9. The molecule has 0 aliphatic rings. The van der Waals surface area contributed by atoms with Crippen LogP contribution in [-0.4, -0.2) is 28.5 Å². The number of carbonyl (C=O) groups is 1. The van der Waals surface area contributed by atoms with E-state index in [2.05, 4.69) is 15.5 Å². The Morgan fingerprint density at radius 2 is 1.72 bits per heavy atom. The lowest BCUT2D eigenvalue weighted by molar-refractivity contribution is -0.115. The van der Waals surface area contributed by atoms with E-state index in [-0.39, 0.29) is 5.91 Å². The van der Waals surface area contributed by atoms with E-state index in [1.165, 1.54) is 11.8 Å². The predicted octanol–water partition coefficient (Wildman–Crippen LogP) is 5.46. The topological polar surface area (TPSA) is 77.2 Å². The zero-order valence-electron chi connectivity index (χ0n) is 17.8. The van der Waals surface area contributed by atoms with Crippen LogP contribution in [0.3, 0.4) is 0 Å². The fraction of sp³-hybridized carbons (Fsp3) is 0.160. The average molecular weight is 446 g/mol. The van der Waals surface area contributed by atoms with Gasteiger partial charge in [-0.15, -0.1) is 10.2 Å². The van der Waals surface area contributed by atoms with Crippen molar-refractivity contribution < 1.29 is 13.9 Å². The first-order chi connectivity index (χ1) is 15.6. The number of rotatable bonds is 8. The van der Waals surface area contributed by atoms with Gasteiger partial charge in [0.05, 0.1) is 18.8 Å². The number of amides is 1. The van der Waals surface area contributed by atoms with E-state index in [0.717, 1.165) is 28.1 Å². The van der Waals surface area contributed by atoms with Gasteiger partial charge in [-0.1, -0.05) is 72.4 Å². The molecule has 0 radical (unpaired) electrons. The predicted molar refractivity (Wildman–Crippen MR) is 126 cm³/mol. The van der Waals surface area contributed by atoms with E-state index >= 15 is 0 Å². The number of aromatic nitrogens is 2. The number of hydrogen-bond acceptors (Lipinski definition) is 6. The van der Waals surface area contributed by atoms with Crippen LogP contribution in [0.4, 0.5) is 5.69 Å². The molecule has 4 rings (SSSR count). The van der Waals surface area contributed by atoms with Crippen molar-refractivity contribution in [1.29, 1.82) is 0 Å². The molecule has 0 fully saturated rings. The molecule has 0 bridgehead atoms. The highest BCUT2D eigenvalue weighted by atomic mass is 32.2. The number of anilines is 1. The quantitative estimate of drug-likeness (QED) is 0.363. The average Bonchev–Trinajstić information content (AvgIpc) is 3.27. The lowest BCUT2D eigenvalue weighted by Crippen LogP contribution is -2.22. The third kappa shape index (κ3) is 5.36. The van der Waals surface area contributed by atoms with E-state index in [1.807, 2.05) is 85.8 Å². The fourth-order valence-corrected chi connectivity index (χ4v) is 3.88. The van der Waals surface area contributed by atoms with Gasteiger partial charge in [0.2, 0.25) is 11.8 Å². The Labute approximate surface area is 191 Å². The number of methoxy groups -OCH3 is 1. The molecule has 1 atom stereocenters. The molecule has 32 heavy (non-hydrogen) atoms. The molecule has 0 aliphatic heterocycles. The van der Waals surface area contributed by atoms with Crippen LogP contribution in [0.25, 0.3) is 11.1 Å². The molecule has 0 saturated carbocycles. The maximum absolute atomic E-state index is 12.8. The highest BCUT2D eigenvalue weighted by molar-refractivity contribution is 8.00. The maximum Gasteiger partial charge on any atom is 0.277 e. The SMILES string of the molecule is COc1ccc(Cc2nnc(S[C@H](C)C(=O)Nc3ccccc3-c3ccccc3)o2)cc1. The van der Waals surface area contributed by atoms with Gasteiger partial charge in [-0.3, -0.25) is 4.79 Å². The molecule has 1 N–H and O–H groups in total. The van der Waals surface area contributed by atoms with Gasteiger partial charge in [-0.25, -0.2) is 0 Å². The van der Waals surface area contributed by atoms with Gasteiger partial charge in [-0.05, 0) is 36.2 Å². The Balaban J connectivity index is 1.39. The second-order valence-electron chi connectivity index (χ2n) is 7.15. The van der Waals surface area contributed by atoms with Crippen LogP contribution < -0.4 is 10.1 Å². The summed E-state index contributed by atoms with van der Waals surface area (Å²) >= 11 is 1.24. The molecule has 0 saturated heterocycles. The maximum atomic E-state index is 12.8. The van der Waals surface area contributed by atoms with E-state index < -0.39 is 5.25 Å². The fourth-order valence-electron chi connectivity index (χ4n) is 3.18. The first-order valence-electron chi connectivity index (χ1n) is 10.2. The molecular weight excluding hydrogens is 422 g/mol. The molecule has 1 aromatic heterocycles. The van der Waals surface area contributed by atoms with Crippen LogP contribution in [0.15, 0.2) is 88.5 Å². The molecular formula is C25H23N3O3S. The minimum Gasteiger partial charge on any atom is -0.497 e. The Bertz CT molecular complexity index is 1180. The Morgan fingerprint density at radius 1 is 1.00 bits per heavy atom. The van der Waals surface area contributed by atoms with Gasteiger partial charge in [0.1, 0.15) is 5.75 Å². The largest absolute Gasteiger partial charge is 0.497 e. The van der Waals surface area contributed by atoms with Crippen molar-refractivity contribution in [3.63, 3.8) is 0 Å². The molecule has 3 aromatic carbocycles. The van der Waals surface area contributed by atoms with Gasteiger partial charge in [0.25, 0.3) is 5.22 Å². The van der Waals surface area contributed by atoms with Crippen molar-refractivity contribution in [2.24, 2.45) is 0 Å². The summed E-state index contributed by atoms with van der Waals surface area (Å²) in [6.45, 7) is 1.82. The minimum absolute atomic E-state index is 0.131. The van der Waals surface area contributed by atoms with Crippen LogP contribution >= 0.6 is 11.8 Å². The number of benzene rings is 3. The molecule has 1 heterocycles. The van der Waals surface area contributed by atoms with Gasteiger partial charge < -0.3 is 14.5 Å². The summed E-state index contributed by atoms with van der Waals surface area (Å²) in [4.78, 5) is 12.8. The third-order valence-electron chi connectivity index (χ3n) is 4.88. The molecule has 4 aromatic rings. The summed E-state index contributed by atoms with van der Waals surface area (Å²) in [5.74, 6) is 1.16. The van der Waals surface area contributed by atoms with Gasteiger partial charge >= 0.3 is 0 Å². The van der Waals surface area contributed by atoms with Gasteiger partial charge in [0.15, 0.2) is 0 Å². The first kappa shape index (κ1) is 21.6. The first-order valence-corrected chi connectivity index (χ1v) is 11.1. The number of ether oxygens (including phenoxy) is 1. The van der Waals surface area contributed by atoms with Crippen molar-refractivity contribution in [2.45, 2.75) is 23.8 Å².